The summed E-state index contributed by atoms with van der Waals surface area (Å²) in [7, 11) is -2.20. The number of hydrogen-bond acceptors (Lipinski definition) is 7. The van der Waals surface area contributed by atoms with Crippen LogP contribution in [0.5, 0.6) is 0 Å². The normalized spacial score (nSPS) is 19.7. The SMILES string of the molecule is CN1C(=N)NC(C)(c2cccc(Nc3nc(-c4ccc5cc(Br)ccc5n4)cs3)c2)CS1(=O)=O. The molecule has 0 spiro atoms. The molecule has 1 aliphatic heterocycles. The summed E-state index contributed by atoms with van der Waals surface area (Å²) in [5, 5.41) is 18.1. The van der Waals surface area contributed by atoms with Crippen molar-refractivity contribution in [2.24, 2.45) is 0 Å². The van der Waals surface area contributed by atoms with E-state index in [4.69, 9.17) is 10.4 Å². The van der Waals surface area contributed by atoms with Gasteiger partial charge in [-0.2, -0.15) is 0 Å². The van der Waals surface area contributed by atoms with E-state index in [1.807, 2.05) is 60.0 Å². The smallest absolute Gasteiger partial charge is 0.239 e. The number of rotatable bonds is 4. The second-order valence-electron chi connectivity index (χ2n) is 8.31. The number of hydrogen-bond donors (Lipinski definition) is 3. The van der Waals surface area contributed by atoms with Crippen LogP contribution in [0.25, 0.3) is 22.3 Å². The standard InChI is InChI=1S/C23H21BrN6O2S2/c1-23(13-34(31,32)30(2)21(25)29-23)15-4-3-5-17(11-15)26-22-28-20(12-33-22)19-8-6-14-10-16(24)7-9-18(14)27-19/h3-12H,13H2,1-2H3,(H2,25,29)(H,26,28). The van der Waals surface area contributed by atoms with E-state index in [0.717, 1.165) is 42.3 Å². The number of anilines is 2. The Hall–Kier alpha value is -3.02. The molecule has 5 rings (SSSR count). The molecule has 3 heterocycles. The van der Waals surface area contributed by atoms with Gasteiger partial charge in [-0.15, -0.1) is 11.3 Å². The van der Waals surface area contributed by atoms with Crippen molar-refractivity contribution < 1.29 is 8.42 Å². The van der Waals surface area contributed by atoms with Crippen molar-refractivity contribution in [3.63, 3.8) is 0 Å². The van der Waals surface area contributed by atoms with Crippen molar-refractivity contribution in [2.45, 2.75) is 12.5 Å². The zero-order valence-electron chi connectivity index (χ0n) is 18.3. The van der Waals surface area contributed by atoms with Gasteiger partial charge in [0.25, 0.3) is 0 Å². The fourth-order valence-corrected chi connectivity index (χ4v) is 6.47. The maximum atomic E-state index is 12.5. The average molecular weight is 557 g/mol. The fraction of sp³-hybridized carbons (Fsp3) is 0.174. The van der Waals surface area contributed by atoms with Crippen molar-refractivity contribution >= 4 is 65.0 Å². The van der Waals surface area contributed by atoms with Gasteiger partial charge in [0, 0.05) is 28.0 Å². The Balaban J connectivity index is 1.39. The number of nitrogens with one attached hydrogen (secondary N) is 3. The van der Waals surface area contributed by atoms with Gasteiger partial charge in [0.05, 0.1) is 22.5 Å². The Bertz CT molecular complexity index is 1540. The number of sulfonamides is 1. The molecule has 1 fully saturated rings. The Morgan fingerprint density at radius 3 is 2.76 bits per heavy atom. The lowest BCUT2D eigenvalue weighted by atomic mass is 9.93. The zero-order valence-corrected chi connectivity index (χ0v) is 21.6. The van der Waals surface area contributed by atoms with Gasteiger partial charge in [0.15, 0.2) is 5.13 Å². The number of aromatic nitrogens is 2. The maximum absolute atomic E-state index is 12.5. The third kappa shape index (κ3) is 4.26. The monoisotopic (exact) mass is 556 g/mol. The highest BCUT2D eigenvalue weighted by atomic mass is 79.9. The predicted octanol–water partition coefficient (Wildman–Crippen LogP) is 4.88. The second kappa shape index (κ2) is 8.33. The number of halogens is 1. The number of nitrogens with zero attached hydrogens (tertiary/aromatic N) is 3. The van der Waals surface area contributed by atoms with Crippen LogP contribution in [0.3, 0.4) is 0 Å². The van der Waals surface area contributed by atoms with Crippen LogP contribution in [0.2, 0.25) is 0 Å². The molecule has 3 N–H and O–H groups in total. The summed E-state index contributed by atoms with van der Waals surface area (Å²) in [6.45, 7) is 1.79. The topological polar surface area (TPSA) is 111 Å². The predicted molar refractivity (Wildman–Crippen MR) is 140 cm³/mol. The Labute approximate surface area is 209 Å². The molecule has 11 heteroatoms. The van der Waals surface area contributed by atoms with Crippen molar-refractivity contribution in [1.29, 1.82) is 5.41 Å². The van der Waals surface area contributed by atoms with Crippen molar-refractivity contribution in [1.82, 2.24) is 19.6 Å². The van der Waals surface area contributed by atoms with E-state index in [9.17, 15) is 8.42 Å². The molecule has 2 aromatic carbocycles. The molecule has 1 unspecified atom stereocenters. The molecule has 0 amide bonds. The summed E-state index contributed by atoms with van der Waals surface area (Å²) < 4.78 is 27.0. The highest BCUT2D eigenvalue weighted by molar-refractivity contribution is 9.10. The minimum atomic E-state index is -3.58. The fourth-order valence-electron chi connectivity index (χ4n) is 3.88. The molecule has 4 aromatic rings. The second-order valence-corrected chi connectivity index (χ2v) is 12.1. The molecule has 1 saturated heterocycles. The summed E-state index contributed by atoms with van der Waals surface area (Å²) in [4.78, 5) is 9.41. The third-order valence-electron chi connectivity index (χ3n) is 5.77. The van der Waals surface area contributed by atoms with E-state index in [1.54, 1.807) is 6.92 Å². The summed E-state index contributed by atoms with van der Waals surface area (Å²) in [6, 6.07) is 17.4. The lowest BCUT2D eigenvalue weighted by Gasteiger charge is -2.40. The molecule has 0 bridgehead atoms. The number of fused-ring (bicyclic) bond motifs is 1. The maximum Gasteiger partial charge on any atom is 0.239 e. The van der Waals surface area contributed by atoms with Gasteiger partial charge in [0.2, 0.25) is 16.0 Å². The van der Waals surface area contributed by atoms with E-state index >= 15 is 0 Å². The van der Waals surface area contributed by atoms with Crippen molar-refractivity contribution in [2.75, 3.05) is 18.1 Å². The number of pyridine rings is 1. The largest absolute Gasteiger partial charge is 0.345 e. The molecule has 1 aliphatic rings. The molecule has 2 aromatic heterocycles. The minimum absolute atomic E-state index is 0.145. The molecule has 0 radical (unpaired) electrons. The van der Waals surface area contributed by atoms with E-state index in [2.05, 4.69) is 31.5 Å². The van der Waals surface area contributed by atoms with Gasteiger partial charge in [-0.25, -0.2) is 22.7 Å². The molecule has 34 heavy (non-hydrogen) atoms. The van der Waals surface area contributed by atoms with Crippen molar-refractivity contribution in [3.8, 4) is 11.4 Å². The molecule has 8 nitrogen and oxygen atoms in total. The average Bonchev–Trinajstić information content (AvgIpc) is 3.25. The zero-order chi connectivity index (χ0) is 24.1. The first kappa shape index (κ1) is 22.8. The van der Waals surface area contributed by atoms with Crippen LogP contribution >= 0.6 is 27.3 Å². The van der Waals surface area contributed by atoms with Crippen LogP contribution in [0.4, 0.5) is 10.8 Å². The van der Waals surface area contributed by atoms with Gasteiger partial charge < -0.3 is 10.6 Å². The highest BCUT2D eigenvalue weighted by Crippen LogP contribution is 2.32. The van der Waals surface area contributed by atoms with E-state index in [-0.39, 0.29) is 11.7 Å². The number of thiazole rings is 1. The summed E-state index contributed by atoms with van der Waals surface area (Å²) in [5.74, 6) is -0.291. The Morgan fingerprint density at radius 2 is 1.97 bits per heavy atom. The molecule has 1 atom stereocenters. The van der Waals surface area contributed by atoms with Gasteiger partial charge in [-0.05, 0) is 48.9 Å². The van der Waals surface area contributed by atoms with E-state index < -0.39 is 15.6 Å². The summed E-state index contributed by atoms with van der Waals surface area (Å²) >= 11 is 4.95. The molecular weight excluding hydrogens is 536 g/mol. The Kier molecular flexibility index (Phi) is 5.58. The number of guanidine groups is 1. The van der Waals surface area contributed by atoms with Gasteiger partial charge in [-0.1, -0.05) is 34.1 Å². The lowest BCUT2D eigenvalue weighted by Crippen LogP contribution is -2.60. The summed E-state index contributed by atoms with van der Waals surface area (Å²) in [6.07, 6.45) is 0. The molecule has 0 aliphatic carbocycles. The minimum Gasteiger partial charge on any atom is -0.345 e. The van der Waals surface area contributed by atoms with Crippen LogP contribution in [-0.4, -0.2) is 41.5 Å². The first-order valence-corrected chi connectivity index (χ1v) is 13.6. The van der Waals surface area contributed by atoms with Crippen LogP contribution in [0, 0.1) is 5.41 Å². The Morgan fingerprint density at radius 1 is 1.15 bits per heavy atom. The first-order valence-electron chi connectivity index (χ1n) is 10.4. The molecular formula is C23H21BrN6O2S2. The summed E-state index contributed by atoms with van der Waals surface area (Å²) in [5.41, 5.74) is 3.09. The van der Waals surface area contributed by atoms with Crippen LogP contribution in [0.15, 0.2) is 64.5 Å². The van der Waals surface area contributed by atoms with Crippen LogP contribution in [0.1, 0.15) is 12.5 Å². The number of benzene rings is 2. The lowest BCUT2D eigenvalue weighted by molar-refractivity contribution is 0.418. The highest BCUT2D eigenvalue weighted by Gasteiger charge is 2.41. The van der Waals surface area contributed by atoms with E-state index in [0.29, 0.717) is 5.13 Å². The quantitative estimate of drug-likeness (QED) is 0.330. The van der Waals surface area contributed by atoms with Gasteiger partial charge >= 0.3 is 0 Å². The molecule has 0 saturated carbocycles. The van der Waals surface area contributed by atoms with Crippen LogP contribution in [-0.2, 0) is 15.6 Å². The van der Waals surface area contributed by atoms with Gasteiger partial charge in [0.1, 0.15) is 5.69 Å². The van der Waals surface area contributed by atoms with Gasteiger partial charge in [-0.3, -0.25) is 5.41 Å². The first-order chi connectivity index (χ1) is 16.1. The van der Waals surface area contributed by atoms with Crippen LogP contribution < -0.4 is 10.6 Å². The van der Waals surface area contributed by atoms with E-state index in [1.165, 1.54) is 18.4 Å². The third-order valence-corrected chi connectivity index (χ3v) is 8.98. The molecule has 174 valence electrons. The van der Waals surface area contributed by atoms with Crippen molar-refractivity contribution in [3.05, 3.63) is 70.0 Å².